The number of nitriles is 1. The number of aliphatic imine (C=N–C) groups is 2. The number of hydrogen-bond donors (Lipinski definition) is 1. The van der Waals surface area contributed by atoms with E-state index >= 15 is 0 Å². The van der Waals surface area contributed by atoms with Gasteiger partial charge in [0.05, 0.1) is 52.3 Å². The molecule has 2 aromatic carbocycles. The predicted molar refractivity (Wildman–Crippen MR) is 118 cm³/mol. The van der Waals surface area contributed by atoms with Crippen LogP contribution in [0.15, 0.2) is 70.8 Å². The minimum absolute atomic E-state index is 0.0604. The summed E-state index contributed by atoms with van der Waals surface area (Å²) in [6.45, 7) is 4.02. The second-order valence-corrected chi connectivity index (χ2v) is 7.05. The fourth-order valence-electron chi connectivity index (χ4n) is 3.36. The maximum Gasteiger partial charge on any atom is 0.0991 e. The van der Waals surface area contributed by atoms with Gasteiger partial charge >= 0.3 is 0 Å². The van der Waals surface area contributed by atoms with Crippen molar-refractivity contribution in [3.63, 3.8) is 0 Å². The van der Waals surface area contributed by atoms with Crippen molar-refractivity contribution in [3.05, 3.63) is 83.2 Å². The average molecular weight is 379 g/mol. The Bertz CT molecular complexity index is 1140. The van der Waals surface area contributed by atoms with Gasteiger partial charge in [-0.2, -0.15) is 5.26 Å². The molecule has 0 radical (unpaired) electrons. The van der Waals surface area contributed by atoms with Crippen molar-refractivity contribution < 1.29 is 0 Å². The van der Waals surface area contributed by atoms with Crippen molar-refractivity contribution in [1.29, 1.82) is 5.26 Å². The van der Waals surface area contributed by atoms with Crippen molar-refractivity contribution in [3.8, 4) is 6.07 Å². The zero-order valence-corrected chi connectivity index (χ0v) is 16.4. The molecule has 2 heterocycles. The molecule has 29 heavy (non-hydrogen) atoms. The summed E-state index contributed by atoms with van der Waals surface area (Å²) in [5, 5.41) is 12.7. The van der Waals surface area contributed by atoms with Crippen LogP contribution in [0, 0.1) is 18.3 Å². The molecule has 1 unspecified atom stereocenters. The molecule has 1 aliphatic rings. The highest BCUT2D eigenvalue weighted by Crippen LogP contribution is 2.34. The van der Waals surface area contributed by atoms with Gasteiger partial charge in [0, 0.05) is 18.2 Å². The van der Waals surface area contributed by atoms with E-state index in [-0.39, 0.29) is 6.04 Å². The van der Waals surface area contributed by atoms with E-state index < -0.39 is 0 Å². The van der Waals surface area contributed by atoms with Crippen LogP contribution in [0.4, 0.5) is 17.1 Å². The standard InChI is InChI=1S/C24H21N5/c1-16-5-3-4-6-21(16)28-17(2)22-10-8-19(15-27-22)29-24-11-12-26-23-9-7-18(14-25)13-20(23)24/h3-10,12-13,15,24,29H,11H2,1-2H3/b28-17+. The summed E-state index contributed by atoms with van der Waals surface area (Å²) in [6.07, 6.45) is 4.50. The molecule has 5 nitrogen and oxygen atoms in total. The first-order chi connectivity index (χ1) is 14.1. The van der Waals surface area contributed by atoms with Crippen LogP contribution in [-0.2, 0) is 0 Å². The Balaban J connectivity index is 1.53. The predicted octanol–water partition coefficient (Wildman–Crippen LogP) is 5.66. The van der Waals surface area contributed by atoms with Crippen molar-refractivity contribution in [2.24, 2.45) is 9.98 Å². The molecule has 0 amide bonds. The number of fused-ring (bicyclic) bond motifs is 1. The van der Waals surface area contributed by atoms with E-state index in [1.807, 2.05) is 61.8 Å². The molecule has 1 N–H and O–H groups in total. The Morgan fingerprint density at radius 3 is 2.79 bits per heavy atom. The van der Waals surface area contributed by atoms with E-state index in [4.69, 9.17) is 4.99 Å². The number of pyridine rings is 1. The summed E-state index contributed by atoms with van der Waals surface area (Å²) in [7, 11) is 0. The molecule has 0 saturated carbocycles. The van der Waals surface area contributed by atoms with E-state index in [1.54, 1.807) is 6.07 Å². The fraction of sp³-hybridized carbons (Fsp3) is 0.167. The first kappa shape index (κ1) is 18.6. The van der Waals surface area contributed by atoms with E-state index in [2.05, 4.69) is 34.4 Å². The Morgan fingerprint density at radius 2 is 2.03 bits per heavy atom. The molecular formula is C24H21N5. The first-order valence-corrected chi connectivity index (χ1v) is 9.54. The number of anilines is 1. The van der Waals surface area contributed by atoms with Crippen LogP contribution < -0.4 is 5.32 Å². The zero-order chi connectivity index (χ0) is 20.2. The van der Waals surface area contributed by atoms with Gasteiger partial charge in [0.15, 0.2) is 0 Å². The highest BCUT2D eigenvalue weighted by molar-refractivity contribution is 5.98. The summed E-state index contributed by atoms with van der Waals surface area (Å²) >= 11 is 0. The monoisotopic (exact) mass is 379 g/mol. The number of nitrogens with one attached hydrogen (secondary N) is 1. The molecule has 142 valence electrons. The summed E-state index contributed by atoms with van der Waals surface area (Å²) in [4.78, 5) is 13.7. The number of benzene rings is 2. The van der Waals surface area contributed by atoms with Gasteiger partial charge in [0.25, 0.3) is 0 Å². The van der Waals surface area contributed by atoms with Gasteiger partial charge in [-0.3, -0.25) is 15.0 Å². The summed E-state index contributed by atoms with van der Waals surface area (Å²) < 4.78 is 0. The van der Waals surface area contributed by atoms with E-state index in [0.29, 0.717) is 5.56 Å². The topological polar surface area (TPSA) is 73.4 Å². The molecule has 1 atom stereocenters. The van der Waals surface area contributed by atoms with Gasteiger partial charge in [0.2, 0.25) is 0 Å². The lowest BCUT2D eigenvalue weighted by molar-refractivity contribution is 0.817. The van der Waals surface area contributed by atoms with Crippen LogP contribution in [0.3, 0.4) is 0 Å². The second-order valence-electron chi connectivity index (χ2n) is 7.05. The molecule has 5 heteroatoms. The van der Waals surface area contributed by atoms with Gasteiger partial charge in [-0.15, -0.1) is 0 Å². The molecule has 1 aliphatic heterocycles. The number of aryl methyl sites for hydroxylation is 1. The Morgan fingerprint density at radius 1 is 1.17 bits per heavy atom. The second kappa shape index (κ2) is 8.07. The maximum absolute atomic E-state index is 9.19. The molecule has 0 spiro atoms. The number of nitrogens with zero attached hydrogens (tertiary/aromatic N) is 4. The van der Waals surface area contributed by atoms with Crippen LogP contribution in [0.25, 0.3) is 0 Å². The van der Waals surface area contributed by atoms with Crippen LogP contribution in [0.5, 0.6) is 0 Å². The fourth-order valence-corrected chi connectivity index (χ4v) is 3.36. The lowest BCUT2D eigenvalue weighted by Gasteiger charge is -2.23. The van der Waals surface area contributed by atoms with Crippen LogP contribution in [-0.4, -0.2) is 16.9 Å². The lowest BCUT2D eigenvalue weighted by atomic mass is 9.97. The number of hydrogen-bond acceptors (Lipinski definition) is 5. The minimum atomic E-state index is 0.0604. The molecule has 4 rings (SSSR count). The number of aromatic nitrogens is 1. The summed E-state index contributed by atoms with van der Waals surface area (Å²) in [5.41, 5.74) is 7.32. The largest absolute Gasteiger partial charge is 0.377 e. The molecular weight excluding hydrogens is 358 g/mol. The SMILES string of the molecule is C/C(=N\c1ccccc1C)c1ccc(NC2CC=Nc3ccc(C#N)cc32)cn1. The van der Waals surface area contributed by atoms with E-state index in [0.717, 1.165) is 46.0 Å². The minimum Gasteiger partial charge on any atom is -0.377 e. The van der Waals surface area contributed by atoms with E-state index in [1.165, 1.54) is 0 Å². The van der Waals surface area contributed by atoms with Crippen molar-refractivity contribution >= 4 is 29.0 Å². The third kappa shape index (κ3) is 4.07. The van der Waals surface area contributed by atoms with Gasteiger partial charge in [-0.1, -0.05) is 18.2 Å². The zero-order valence-electron chi connectivity index (χ0n) is 16.4. The van der Waals surface area contributed by atoms with Crippen molar-refractivity contribution in [2.75, 3.05) is 5.32 Å². The number of rotatable bonds is 4. The average Bonchev–Trinajstić information content (AvgIpc) is 2.76. The van der Waals surface area contributed by atoms with Crippen LogP contribution in [0.1, 0.15) is 41.8 Å². The van der Waals surface area contributed by atoms with Gasteiger partial charge < -0.3 is 5.32 Å². The molecule has 0 bridgehead atoms. The Kier molecular flexibility index (Phi) is 5.17. The van der Waals surface area contributed by atoms with E-state index in [9.17, 15) is 5.26 Å². The highest BCUT2D eigenvalue weighted by atomic mass is 15.0. The molecule has 0 aliphatic carbocycles. The quantitative estimate of drug-likeness (QED) is 0.594. The third-order valence-corrected chi connectivity index (χ3v) is 4.98. The maximum atomic E-state index is 9.19. The lowest BCUT2D eigenvalue weighted by Crippen LogP contribution is -2.14. The third-order valence-electron chi connectivity index (χ3n) is 4.98. The van der Waals surface area contributed by atoms with Crippen LogP contribution >= 0.6 is 0 Å². The Hall–Kier alpha value is -3.78. The van der Waals surface area contributed by atoms with Crippen molar-refractivity contribution in [1.82, 2.24) is 4.98 Å². The Labute approximate surface area is 170 Å². The first-order valence-electron chi connectivity index (χ1n) is 9.54. The summed E-state index contributed by atoms with van der Waals surface area (Å²) in [6, 6.07) is 19.9. The van der Waals surface area contributed by atoms with Gasteiger partial charge in [-0.05, 0) is 55.8 Å². The van der Waals surface area contributed by atoms with Crippen molar-refractivity contribution in [2.45, 2.75) is 26.3 Å². The van der Waals surface area contributed by atoms with Gasteiger partial charge in [-0.25, -0.2) is 0 Å². The number of para-hydroxylation sites is 1. The van der Waals surface area contributed by atoms with Crippen LogP contribution in [0.2, 0.25) is 0 Å². The highest BCUT2D eigenvalue weighted by Gasteiger charge is 2.18. The summed E-state index contributed by atoms with van der Waals surface area (Å²) in [5.74, 6) is 0. The smallest absolute Gasteiger partial charge is 0.0991 e. The molecule has 3 aromatic rings. The normalized spacial score (nSPS) is 15.5. The van der Waals surface area contributed by atoms with Gasteiger partial charge in [0.1, 0.15) is 0 Å². The molecule has 0 fully saturated rings. The molecule has 0 saturated heterocycles. The molecule has 1 aromatic heterocycles.